The second-order valence-corrected chi connectivity index (χ2v) is 4.28. The van der Waals surface area contributed by atoms with Crippen molar-refractivity contribution in [3.8, 4) is 0 Å². The molecule has 0 N–H and O–H groups in total. The Kier molecular flexibility index (Phi) is 4.99. The van der Waals surface area contributed by atoms with Gasteiger partial charge >= 0.3 is 0 Å². The maximum atomic E-state index is 3.85. The third-order valence-electron chi connectivity index (χ3n) is 1.96. The Bertz CT molecular complexity index is 372. The lowest BCUT2D eigenvalue weighted by Gasteiger charge is -2.04. The minimum atomic E-state index is 1.21. The van der Waals surface area contributed by atoms with E-state index in [2.05, 4.69) is 31.7 Å². The van der Waals surface area contributed by atoms with Crippen LogP contribution in [0, 0.1) is 0 Å². The monoisotopic (exact) mass is 216 g/mol. The van der Waals surface area contributed by atoms with E-state index < -0.39 is 0 Å². The van der Waals surface area contributed by atoms with Gasteiger partial charge in [0.15, 0.2) is 0 Å². The van der Waals surface area contributed by atoms with Crippen LogP contribution in [0.15, 0.2) is 70.5 Å². The minimum absolute atomic E-state index is 1.21. The molecule has 0 fully saturated rings. The normalized spacial score (nSPS) is 12.7. The van der Waals surface area contributed by atoms with E-state index in [0.29, 0.717) is 0 Å². The van der Waals surface area contributed by atoms with Crippen molar-refractivity contribution in [1.82, 2.24) is 0 Å². The van der Waals surface area contributed by atoms with Crippen LogP contribution in [0.1, 0.15) is 13.8 Å². The summed E-state index contributed by atoms with van der Waals surface area (Å²) in [7, 11) is 0. The van der Waals surface area contributed by atoms with E-state index in [1.807, 2.05) is 37.3 Å². The summed E-state index contributed by atoms with van der Waals surface area (Å²) in [6.45, 7) is 7.98. The Labute approximate surface area is 96.4 Å². The highest BCUT2D eigenvalue weighted by molar-refractivity contribution is 8.03. The fraction of sp³-hybridized carbons (Fsp3) is 0.143. The first kappa shape index (κ1) is 11.9. The molecule has 0 aliphatic carbocycles. The summed E-state index contributed by atoms with van der Waals surface area (Å²) in [6.07, 6.45) is 6.06. The smallest absolute Gasteiger partial charge is 0.0145 e. The largest absolute Gasteiger partial charge is 0.0979 e. The molecule has 0 aliphatic rings. The van der Waals surface area contributed by atoms with Crippen LogP contribution in [0.2, 0.25) is 0 Å². The van der Waals surface area contributed by atoms with Crippen LogP contribution in [0.3, 0.4) is 0 Å². The van der Waals surface area contributed by atoms with Crippen molar-refractivity contribution in [2.45, 2.75) is 18.7 Å². The minimum Gasteiger partial charge on any atom is -0.0979 e. The highest BCUT2D eigenvalue weighted by Gasteiger charge is 1.98. The van der Waals surface area contributed by atoms with Gasteiger partial charge in [-0.3, -0.25) is 0 Å². The van der Waals surface area contributed by atoms with Gasteiger partial charge in [-0.25, -0.2) is 0 Å². The molecule has 1 aromatic rings. The first-order valence-electron chi connectivity index (χ1n) is 4.97. The zero-order valence-corrected chi connectivity index (χ0v) is 10.1. The fourth-order valence-corrected chi connectivity index (χ4v) is 2.09. The number of allylic oxidation sites excluding steroid dienone is 4. The van der Waals surface area contributed by atoms with Crippen molar-refractivity contribution in [1.29, 1.82) is 0 Å². The lowest BCUT2D eigenvalue weighted by atomic mass is 10.2. The molecule has 0 bridgehead atoms. The molecule has 1 rings (SSSR count). The summed E-state index contributed by atoms with van der Waals surface area (Å²) >= 11 is 1.75. The van der Waals surface area contributed by atoms with Crippen molar-refractivity contribution >= 4 is 11.8 Å². The quantitative estimate of drug-likeness (QED) is 0.514. The average molecular weight is 216 g/mol. The molecule has 0 amide bonds. The molecule has 0 saturated heterocycles. The Morgan fingerprint density at radius 2 is 1.93 bits per heavy atom. The van der Waals surface area contributed by atoms with Gasteiger partial charge < -0.3 is 0 Å². The Hall–Kier alpha value is -1.21. The molecule has 0 aliphatic heterocycles. The third kappa shape index (κ3) is 3.80. The highest BCUT2D eigenvalue weighted by Crippen LogP contribution is 2.29. The van der Waals surface area contributed by atoms with Gasteiger partial charge in [0.05, 0.1) is 0 Å². The second kappa shape index (κ2) is 6.31. The van der Waals surface area contributed by atoms with Crippen LogP contribution in [-0.2, 0) is 0 Å². The molecule has 0 heterocycles. The first-order valence-corrected chi connectivity index (χ1v) is 5.78. The Morgan fingerprint density at radius 3 is 2.47 bits per heavy atom. The molecule has 0 saturated carbocycles. The van der Waals surface area contributed by atoms with Gasteiger partial charge in [-0.05, 0) is 31.6 Å². The molecule has 0 nitrogen and oxygen atoms in total. The highest BCUT2D eigenvalue weighted by atomic mass is 32.2. The van der Waals surface area contributed by atoms with E-state index in [9.17, 15) is 0 Å². The van der Waals surface area contributed by atoms with E-state index in [0.717, 1.165) is 0 Å². The summed E-state index contributed by atoms with van der Waals surface area (Å²) in [6, 6.07) is 10.3. The molecule has 0 atom stereocenters. The number of benzene rings is 1. The zero-order chi connectivity index (χ0) is 11.1. The predicted molar refractivity (Wildman–Crippen MR) is 70.0 cm³/mol. The molecule has 1 heteroatoms. The maximum absolute atomic E-state index is 3.85. The van der Waals surface area contributed by atoms with Crippen LogP contribution < -0.4 is 0 Å². The molecular weight excluding hydrogens is 200 g/mol. The van der Waals surface area contributed by atoms with Crippen LogP contribution >= 0.6 is 11.8 Å². The topological polar surface area (TPSA) is 0 Å². The molecule has 15 heavy (non-hydrogen) atoms. The van der Waals surface area contributed by atoms with Crippen molar-refractivity contribution in [2.24, 2.45) is 0 Å². The predicted octanol–water partition coefficient (Wildman–Crippen LogP) is 4.81. The summed E-state index contributed by atoms with van der Waals surface area (Å²) in [5, 5.41) is 0. The van der Waals surface area contributed by atoms with Crippen molar-refractivity contribution in [3.05, 3.63) is 65.6 Å². The number of hydrogen-bond acceptors (Lipinski definition) is 1. The van der Waals surface area contributed by atoms with Crippen LogP contribution in [0.4, 0.5) is 0 Å². The molecule has 0 radical (unpaired) electrons. The van der Waals surface area contributed by atoms with Gasteiger partial charge in [0.2, 0.25) is 0 Å². The van der Waals surface area contributed by atoms with Crippen molar-refractivity contribution in [2.75, 3.05) is 0 Å². The summed E-state index contributed by atoms with van der Waals surface area (Å²) in [4.78, 5) is 2.45. The molecule has 0 aromatic heterocycles. The lowest BCUT2D eigenvalue weighted by Crippen LogP contribution is -1.78. The molecule has 0 unspecified atom stereocenters. The van der Waals surface area contributed by atoms with Crippen LogP contribution in [0.5, 0.6) is 0 Å². The van der Waals surface area contributed by atoms with Crippen LogP contribution in [-0.4, -0.2) is 0 Å². The van der Waals surface area contributed by atoms with Gasteiger partial charge in [-0.1, -0.05) is 54.8 Å². The van der Waals surface area contributed by atoms with Crippen molar-refractivity contribution in [3.63, 3.8) is 0 Å². The van der Waals surface area contributed by atoms with Gasteiger partial charge in [0.1, 0.15) is 0 Å². The fourth-order valence-electron chi connectivity index (χ4n) is 1.23. The first-order chi connectivity index (χ1) is 7.27. The SMILES string of the molecule is C=C/C(Sc1ccccc1)=C(C)\C=C/C. The lowest BCUT2D eigenvalue weighted by molar-refractivity contribution is 1.45. The number of rotatable bonds is 4. The van der Waals surface area contributed by atoms with Crippen LogP contribution in [0.25, 0.3) is 0 Å². The van der Waals surface area contributed by atoms with Gasteiger partial charge in [0.25, 0.3) is 0 Å². The van der Waals surface area contributed by atoms with E-state index in [-0.39, 0.29) is 0 Å². The number of hydrogen-bond donors (Lipinski definition) is 0. The van der Waals surface area contributed by atoms with Gasteiger partial charge in [-0.2, -0.15) is 0 Å². The van der Waals surface area contributed by atoms with E-state index in [1.54, 1.807) is 11.8 Å². The van der Waals surface area contributed by atoms with Gasteiger partial charge in [0, 0.05) is 9.80 Å². The third-order valence-corrected chi connectivity index (χ3v) is 3.18. The molecule has 1 aromatic carbocycles. The second-order valence-electron chi connectivity index (χ2n) is 3.17. The Balaban J connectivity index is 2.87. The molecular formula is C14H16S. The van der Waals surface area contributed by atoms with E-state index >= 15 is 0 Å². The summed E-state index contributed by atoms with van der Waals surface area (Å²) < 4.78 is 0. The molecule has 78 valence electrons. The van der Waals surface area contributed by atoms with E-state index in [4.69, 9.17) is 0 Å². The summed E-state index contributed by atoms with van der Waals surface area (Å²) in [5.41, 5.74) is 1.25. The maximum Gasteiger partial charge on any atom is 0.0145 e. The molecule has 0 spiro atoms. The Morgan fingerprint density at radius 1 is 1.27 bits per heavy atom. The average Bonchev–Trinajstić information content (AvgIpc) is 2.27. The summed E-state index contributed by atoms with van der Waals surface area (Å²) in [5.74, 6) is 0. The standard InChI is InChI=1S/C14H16S/c1-4-9-12(3)14(5-2)15-13-10-7-6-8-11-13/h4-11H,2H2,1,3H3/b9-4-,14-12+. The van der Waals surface area contributed by atoms with E-state index in [1.165, 1.54) is 15.4 Å². The van der Waals surface area contributed by atoms with Crippen molar-refractivity contribution < 1.29 is 0 Å². The number of thioether (sulfide) groups is 1. The zero-order valence-electron chi connectivity index (χ0n) is 9.23. The van der Waals surface area contributed by atoms with Gasteiger partial charge in [-0.15, -0.1) is 0 Å².